The first kappa shape index (κ1) is 12.4. The van der Waals surface area contributed by atoms with Gasteiger partial charge in [-0.1, -0.05) is 18.2 Å². The average Bonchev–Trinajstić information content (AvgIpc) is 2.71. The molecular formula is C14H21NO2. The molecular weight excluding hydrogens is 214 g/mol. The van der Waals surface area contributed by atoms with Crippen LogP contribution in [0.5, 0.6) is 5.75 Å². The van der Waals surface area contributed by atoms with E-state index in [1.54, 1.807) is 0 Å². The predicted octanol–water partition coefficient (Wildman–Crippen LogP) is 2.22. The van der Waals surface area contributed by atoms with Crippen LogP contribution in [0.3, 0.4) is 0 Å². The molecule has 0 radical (unpaired) electrons. The lowest BCUT2D eigenvalue weighted by Crippen LogP contribution is -2.26. The summed E-state index contributed by atoms with van der Waals surface area (Å²) in [5.74, 6) is 1.01. The first-order valence-corrected chi connectivity index (χ1v) is 6.28. The molecule has 2 atom stereocenters. The molecule has 0 spiro atoms. The Balaban J connectivity index is 1.84. The van der Waals surface area contributed by atoms with Gasteiger partial charge in [-0.2, -0.15) is 0 Å². The first-order chi connectivity index (χ1) is 8.18. The Labute approximate surface area is 103 Å². The van der Waals surface area contributed by atoms with Crippen molar-refractivity contribution in [2.45, 2.75) is 32.9 Å². The van der Waals surface area contributed by atoms with E-state index in [2.05, 4.69) is 12.2 Å². The number of ether oxygens (including phenoxy) is 1. The van der Waals surface area contributed by atoms with Gasteiger partial charge in [-0.3, -0.25) is 0 Å². The van der Waals surface area contributed by atoms with Gasteiger partial charge in [0.15, 0.2) is 0 Å². The second-order valence-electron chi connectivity index (χ2n) is 4.84. The van der Waals surface area contributed by atoms with Gasteiger partial charge in [0.1, 0.15) is 5.75 Å². The number of nitrogens with one attached hydrogen (secondary N) is 1. The van der Waals surface area contributed by atoms with Crippen LogP contribution in [-0.2, 0) is 11.3 Å². The van der Waals surface area contributed by atoms with Gasteiger partial charge < -0.3 is 15.2 Å². The lowest BCUT2D eigenvalue weighted by Gasteiger charge is -2.15. The topological polar surface area (TPSA) is 41.5 Å². The van der Waals surface area contributed by atoms with Crippen molar-refractivity contribution >= 4 is 0 Å². The maximum atomic E-state index is 9.88. The molecule has 17 heavy (non-hydrogen) atoms. The standard InChI is InChI=1S/C14H21NO2/c1-10-4-3-5-13(14(10)16)9-15-8-12-6-7-17-11(12)2/h3-5,11-12,15-16H,6-9H2,1-2H3. The highest BCUT2D eigenvalue weighted by molar-refractivity contribution is 5.39. The molecule has 3 heteroatoms. The number of aromatic hydroxyl groups is 1. The molecule has 2 N–H and O–H groups in total. The Morgan fingerprint density at radius 2 is 2.29 bits per heavy atom. The van der Waals surface area contributed by atoms with Gasteiger partial charge in [-0.25, -0.2) is 0 Å². The molecule has 1 saturated heterocycles. The van der Waals surface area contributed by atoms with Crippen LogP contribution in [0.4, 0.5) is 0 Å². The van der Waals surface area contributed by atoms with Crippen LogP contribution in [0.25, 0.3) is 0 Å². The van der Waals surface area contributed by atoms with Gasteiger partial charge in [0.2, 0.25) is 0 Å². The zero-order valence-electron chi connectivity index (χ0n) is 10.6. The van der Waals surface area contributed by atoms with Crippen LogP contribution < -0.4 is 5.32 Å². The highest BCUT2D eigenvalue weighted by atomic mass is 16.5. The first-order valence-electron chi connectivity index (χ1n) is 6.28. The zero-order chi connectivity index (χ0) is 12.3. The summed E-state index contributed by atoms with van der Waals surface area (Å²) >= 11 is 0. The fourth-order valence-electron chi connectivity index (χ4n) is 2.30. The summed E-state index contributed by atoms with van der Waals surface area (Å²) in [6.45, 7) is 6.60. The van der Waals surface area contributed by atoms with E-state index in [-0.39, 0.29) is 0 Å². The van der Waals surface area contributed by atoms with E-state index in [1.165, 1.54) is 0 Å². The summed E-state index contributed by atoms with van der Waals surface area (Å²) < 4.78 is 5.52. The SMILES string of the molecule is Cc1cccc(CNCC2CCOC2C)c1O. The number of hydrogen-bond acceptors (Lipinski definition) is 3. The average molecular weight is 235 g/mol. The third kappa shape index (κ3) is 2.99. The molecule has 2 unspecified atom stereocenters. The fourth-order valence-corrected chi connectivity index (χ4v) is 2.30. The van der Waals surface area contributed by atoms with Crippen molar-refractivity contribution in [2.75, 3.05) is 13.2 Å². The molecule has 1 aliphatic rings. The van der Waals surface area contributed by atoms with Crippen LogP contribution in [0, 0.1) is 12.8 Å². The Kier molecular flexibility index (Phi) is 4.02. The van der Waals surface area contributed by atoms with E-state index in [4.69, 9.17) is 4.74 Å². The minimum Gasteiger partial charge on any atom is -0.507 e. The molecule has 0 aliphatic carbocycles. The van der Waals surface area contributed by atoms with Gasteiger partial charge in [-0.05, 0) is 31.7 Å². The van der Waals surface area contributed by atoms with Gasteiger partial charge in [-0.15, -0.1) is 0 Å². The van der Waals surface area contributed by atoms with Gasteiger partial charge in [0.25, 0.3) is 0 Å². The Morgan fingerprint density at radius 3 is 3.00 bits per heavy atom. The normalized spacial score (nSPS) is 24.1. The van der Waals surface area contributed by atoms with Gasteiger partial charge in [0.05, 0.1) is 6.10 Å². The van der Waals surface area contributed by atoms with E-state index >= 15 is 0 Å². The number of benzene rings is 1. The highest BCUT2D eigenvalue weighted by Crippen LogP contribution is 2.22. The third-order valence-corrected chi connectivity index (χ3v) is 3.58. The van der Waals surface area contributed by atoms with Crippen molar-refractivity contribution in [2.24, 2.45) is 5.92 Å². The van der Waals surface area contributed by atoms with Gasteiger partial charge in [0, 0.05) is 25.3 Å². The molecule has 0 saturated carbocycles. The molecule has 0 bridgehead atoms. The minimum absolute atomic E-state index is 0.355. The minimum atomic E-state index is 0.355. The number of aryl methyl sites for hydroxylation is 1. The molecule has 1 aromatic rings. The molecule has 1 heterocycles. The molecule has 94 valence electrons. The molecule has 0 amide bonds. The van der Waals surface area contributed by atoms with Crippen LogP contribution in [0.2, 0.25) is 0 Å². The third-order valence-electron chi connectivity index (χ3n) is 3.58. The van der Waals surface area contributed by atoms with Crippen molar-refractivity contribution in [3.63, 3.8) is 0 Å². The van der Waals surface area contributed by atoms with Crippen molar-refractivity contribution in [1.82, 2.24) is 5.32 Å². The molecule has 1 aromatic carbocycles. The van der Waals surface area contributed by atoms with Crippen LogP contribution >= 0.6 is 0 Å². The quantitative estimate of drug-likeness (QED) is 0.840. The van der Waals surface area contributed by atoms with E-state index in [9.17, 15) is 5.11 Å². The van der Waals surface area contributed by atoms with E-state index in [1.807, 2.05) is 25.1 Å². The van der Waals surface area contributed by atoms with Gasteiger partial charge >= 0.3 is 0 Å². The highest BCUT2D eigenvalue weighted by Gasteiger charge is 2.23. The number of phenolic OH excluding ortho intramolecular Hbond substituents is 1. The largest absolute Gasteiger partial charge is 0.507 e. The summed E-state index contributed by atoms with van der Waals surface area (Å²) in [5.41, 5.74) is 1.90. The maximum absolute atomic E-state index is 9.88. The number of rotatable bonds is 4. The Morgan fingerprint density at radius 1 is 1.47 bits per heavy atom. The second kappa shape index (κ2) is 5.52. The fraction of sp³-hybridized carbons (Fsp3) is 0.571. The number of phenols is 1. The Hall–Kier alpha value is -1.06. The maximum Gasteiger partial charge on any atom is 0.122 e. The Bertz CT molecular complexity index is 378. The number of para-hydroxylation sites is 1. The molecule has 1 fully saturated rings. The number of hydrogen-bond donors (Lipinski definition) is 2. The lowest BCUT2D eigenvalue weighted by molar-refractivity contribution is 0.105. The molecule has 0 aromatic heterocycles. The van der Waals surface area contributed by atoms with E-state index < -0.39 is 0 Å². The summed E-state index contributed by atoms with van der Waals surface area (Å²) in [5, 5.41) is 13.3. The van der Waals surface area contributed by atoms with Crippen molar-refractivity contribution < 1.29 is 9.84 Å². The van der Waals surface area contributed by atoms with Crippen molar-refractivity contribution in [3.05, 3.63) is 29.3 Å². The summed E-state index contributed by atoms with van der Waals surface area (Å²) in [7, 11) is 0. The molecule has 3 nitrogen and oxygen atoms in total. The summed E-state index contributed by atoms with van der Waals surface area (Å²) in [6.07, 6.45) is 1.49. The van der Waals surface area contributed by atoms with E-state index in [0.717, 1.165) is 37.2 Å². The monoisotopic (exact) mass is 235 g/mol. The summed E-state index contributed by atoms with van der Waals surface area (Å²) in [4.78, 5) is 0. The molecule has 2 rings (SSSR count). The van der Waals surface area contributed by atoms with E-state index in [0.29, 0.717) is 17.8 Å². The van der Waals surface area contributed by atoms with Crippen LogP contribution in [0.15, 0.2) is 18.2 Å². The van der Waals surface area contributed by atoms with Crippen LogP contribution in [0.1, 0.15) is 24.5 Å². The summed E-state index contributed by atoms with van der Waals surface area (Å²) in [6, 6.07) is 5.86. The zero-order valence-corrected chi connectivity index (χ0v) is 10.6. The predicted molar refractivity (Wildman–Crippen MR) is 68.1 cm³/mol. The van der Waals surface area contributed by atoms with Crippen molar-refractivity contribution in [1.29, 1.82) is 0 Å². The second-order valence-corrected chi connectivity index (χ2v) is 4.84. The smallest absolute Gasteiger partial charge is 0.122 e. The van der Waals surface area contributed by atoms with Crippen LogP contribution in [-0.4, -0.2) is 24.4 Å². The van der Waals surface area contributed by atoms with Crippen molar-refractivity contribution in [3.8, 4) is 5.75 Å². The lowest BCUT2D eigenvalue weighted by atomic mass is 10.0. The molecule has 1 aliphatic heterocycles.